The SMILES string of the molecule is CC[C@H](OC(=O)[C@@H](Cc1ccccc1)N1C(=O)[C@@H]2[C@H](C1=O)C1(Cl)c3ccccc3C2(Cl)c2ccccc21)C(=O)c1ccccc1. The third-order valence-corrected chi connectivity index (χ3v) is 10.7. The number of hydrogen-bond acceptors (Lipinski definition) is 5. The molecule has 0 spiro atoms. The zero-order valence-corrected chi connectivity index (χ0v) is 25.9. The van der Waals surface area contributed by atoms with Gasteiger partial charge in [-0.1, -0.05) is 116 Å². The van der Waals surface area contributed by atoms with Gasteiger partial charge in [-0.3, -0.25) is 19.3 Å². The summed E-state index contributed by atoms with van der Waals surface area (Å²) in [6.45, 7) is 1.74. The maximum Gasteiger partial charge on any atom is 0.330 e. The van der Waals surface area contributed by atoms with Crippen molar-refractivity contribution in [2.24, 2.45) is 11.8 Å². The third-order valence-electron chi connectivity index (χ3n) is 9.45. The fraction of sp³-hybridized carbons (Fsp3) is 0.243. The fourth-order valence-corrected chi connectivity index (χ4v) is 8.54. The maximum absolute atomic E-state index is 14.6. The number of carbonyl (C=O) groups excluding carboxylic acids is 4. The first-order valence-electron chi connectivity index (χ1n) is 15.0. The number of nitrogens with zero attached hydrogens (tertiary/aromatic N) is 1. The quantitative estimate of drug-likeness (QED) is 0.0967. The summed E-state index contributed by atoms with van der Waals surface area (Å²) in [6, 6.07) is 31.1. The lowest BCUT2D eigenvalue weighted by atomic mass is 9.54. The highest BCUT2D eigenvalue weighted by molar-refractivity contribution is 6.36. The predicted molar refractivity (Wildman–Crippen MR) is 170 cm³/mol. The Kier molecular flexibility index (Phi) is 7.18. The van der Waals surface area contributed by atoms with Gasteiger partial charge in [-0.2, -0.15) is 0 Å². The van der Waals surface area contributed by atoms with Gasteiger partial charge in [0.2, 0.25) is 17.6 Å². The van der Waals surface area contributed by atoms with Crippen molar-refractivity contribution in [1.29, 1.82) is 0 Å². The van der Waals surface area contributed by atoms with E-state index in [1.165, 1.54) is 0 Å². The average molecular weight is 639 g/mol. The number of ketones is 1. The molecule has 0 radical (unpaired) electrons. The van der Waals surface area contributed by atoms with Gasteiger partial charge in [-0.25, -0.2) is 4.79 Å². The minimum Gasteiger partial charge on any atom is -0.452 e. The van der Waals surface area contributed by atoms with E-state index in [1.54, 1.807) is 37.3 Å². The Morgan fingerprint density at radius 2 is 1.13 bits per heavy atom. The smallest absolute Gasteiger partial charge is 0.330 e. The first-order chi connectivity index (χ1) is 21.7. The van der Waals surface area contributed by atoms with E-state index in [4.69, 9.17) is 27.9 Å². The van der Waals surface area contributed by atoms with Crippen LogP contribution in [0, 0.1) is 11.8 Å². The molecule has 0 unspecified atom stereocenters. The number of hydrogen-bond donors (Lipinski definition) is 0. The van der Waals surface area contributed by atoms with E-state index in [0.717, 1.165) is 4.90 Å². The van der Waals surface area contributed by atoms with Crippen molar-refractivity contribution >= 4 is 46.8 Å². The summed E-state index contributed by atoms with van der Waals surface area (Å²) in [5.41, 5.74) is 3.81. The Balaban J connectivity index is 1.32. The lowest BCUT2D eigenvalue weighted by Gasteiger charge is -2.54. The summed E-state index contributed by atoms with van der Waals surface area (Å²) in [6.07, 6.45) is -0.890. The van der Waals surface area contributed by atoms with E-state index in [-0.39, 0.29) is 18.6 Å². The Morgan fingerprint density at radius 3 is 1.58 bits per heavy atom. The zero-order valence-electron chi connectivity index (χ0n) is 24.4. The number of carbonyl (C=O) groups is 4. The van der Waals surface area contributed by atoms with E-state index in [2.05, 4.69) is 0 Å². The standard InChI is InChI=1S/C37H29Cl2NO5/c1-2-29(32(41)23-15-7-4-8-16-23)45-35(44)28(21-22-13-5-3-6-14-22)40-33(42)30-31(34(40)43)37(39)25-18-10-9-17-24(25)36(30,38)26-19-11-12-20-27(26)37/h3-20,28-31H,2,21H2,1H3/t28-,29+,30-,31+,36?,37?/m1/s1. The van der Waals surface area contributed by atoms with Crippen LogP contribution in [-0.2, 0) is 35.3 Å². The van der Waals surface area contributed by atoms with Crippen molar-refractivity contribution in [3.63, 3.8) is 0 Å². The number of amides is 2. The second kappa shape index (κ2) is 11.0. The molecule has 45 heavy (non-hydrogen) atoms. The lowest BCUT2D eigenvalue weighted by molar-refractivity contribution is -0.161. The minimum atomic E-state index is -1.38. The lowest BCUT2D eigenvalue weighted by Crippen LogP contribution is -2.57. The Bertz CT molecular complexity index is 1720. The van der Waals surface area contributed by atoms with Gasteiger partial charge >= 0.3 is 5.97 Å². The highest BCUT2D eigenvalue weighted by Crippen LogP contribution is 2.69. The number of rotatable bonds is 8. The number of halogens is 2. The van der Waals surface area contributed by atoms with Crippen LogP contribution in [-0.4, -0.2) is 40.6 Å². The molecule has 4 atom stereocenters. The van der Waals surface area contributed by atoms with Crippen LogP contribution in [0.1, 0.15) is 51.5 Å². The molecule has 0 saturated carbocycles. The number of ether oxygens (including phenoxy) is 1. The molecule has 226 valence electrons. The molecule has 1 saturated heterocycles. The first-order valence-corrected chi connectivity index (χ1v) is 15.8. The largest absolute Gasteiger partial charge is 0.452 e. The van der Waals surface area contributed by atoms with Gasteiger partial charge in [0.25, 0.3) is 0 Å². The van der Waals surface area contributed by atoms with Crippen LogP contribution in [0.4, 0.5) is 0 Å². The van der Waals surface area contributed by atoms with E-state index >= 15 is 0 Å². The molecule has 4 aromatic carbocycles. The summed E-state index contributed by atoms with van der Waals surface area (Å²) in [5, 5.41) is 0. The molecule has 2 amide bonds. The predicted octanol–water partition coefficient (Wildman–Crippen LogP) is 6.40. The van der Waals surface area contributed by atoms with Gasteiger partial charge < -0.3 is 4.74 Å². The van der Waals surface area contributed by atoms with Gasteiger partial charge in [0.05, 0.1) is 11.8 Å². The van der Waals surface area contributed by atoms with Gasteiger partial charge in [0, 0.05) is 12.0 Å². The summed E-state index contributed by atoms with van der Waals surface area (Å²) in [4.78, 5) is 55.0. The molecule has 4 aliphatic rings. The molecule has 4 aromatic rings. The number of Topliss-reactive ketones (excluding diaryl/α,β-unsaturated/α-hetero) is 1. The zero-order chi connectivity index (χ0) is 31.5. The molecule has 3 aliphatic carbocycles. The fourth-order valence-electron chi connectivity index (χ4n) is 7.44. The highest BCUT2D eigenvalue weighted by atomic mass is 35.5. The number of alkyl halides is 2. The molecule has 6 nitrogen and oxygen atoms in total. The summed E-state index contributed by atoms with van der Waals surface area (Å²) >= 11 is 15.2. The van der Waals surface area contributed by atoms with Crippen LogP contribution in [0.3, 0.4) is 0 Å². The summed E-state index contributed by atoms with van der Waals surface area (Å²) in [7, 11) is 0. The van der Waals surface area contributed by atoms with Gasteiger partial charge in [-0.15, -0.1) is 23.2 Å². The molecule has 0 N–H and O–H groups in total. The van der Waals surface area contributed by atoms with Gasteiger partial charge in [-0.05, 0) is 34.2 Å². The van der Waals surface area contributed by atoms with Crippen LogP contribution in [0.25, 0.3) is 0 Å². The van der Waals surface area contributed by atoms with E-state index in [0.29, 0.717) is 33.4 Å². The number of imide groups is 1. The van der Waals surface area contributed by atoms with Crippen molar-refractivity contribution in [1.82, 2.24) is 4.90 Å². The minimum absolute atomic E-state index is 0.00295. The Morgan fingerprint density at radius 1 is 0.711 bits per heavy atom. The third kappa shape index (κ3) is 4.23. The first kappa shape index (κ1) is 29.5. The van der Waals surface area contributed by atoms with Crippen molar-refractivity contribution in [2.45, 2.75) is 41.7 Å². The molecular formula is C37H29Cl2NO5. The Hall–Kier alpha value is -4.26. The molecule has 1 fully saturated rings. The second-order valence-electron chi connectivity index (χ2n) is 11.8. The second-order valence-corrected chi connectivity index (χ2v) is 13.0. The van der Waals surface area contributed by atoms with Crippen LogP contribution < -0.4 is 0 Å². The Labute approximate surface area is 270 Å². The van der Waals surface area contributed by atoms with Crippen LogP contribution in [0.15, 0.2) is 109 Å². The van der Waals surface area contributed by atoms with Crippen molar-refractivity contribution in [3.05, 3.63) is 143 Å². The van der Waals surface area contributed by atoms with Gasteiger partial charge in [0.15, 0.2) is 6.10 Å². The number of esters is 1. The van der Waals surface area contributed by atoms with Gasteiger partial charge in [0.1, 0.15) is 15.8 Å². The van der Waals surface area contributed by atoms with Crippen molar-refractivity contribution in [2.75, 3.05) is 0 Å². The average Bonchev–Trinajstić information content (AvgIpc) is 3.35. The molecular weight excluding hydrogens is 609 g/mol. The summed E-state index contributed by atoms with van der Waals surface area (Å²) < 4.78 is 5.86. The van der Waals surface area contributed by atoms with E-state index in [9.17, 15) is 19.2 Å². The maximum atomic E-state index is 14.6. The van der Waals surface area contributed by atoms with Crippen molar-refractivity contribution < 1.29 is 23.9 Å². The molecule has 1 heterocycles. The van der Waals surface area contributed by atoms with Crippen LogP contribution in [0.2, 0.25) is 0 Å². The van der Waals surface area contributed by atoms with E-state index in [1.807, 2.05) is 78.9 Å². The van der Waals surface area contributed by atoms with Crippen molar-refractivity contribution in [3.8, 4) is 0 Å². The summed E-state index contributed by atoms with van der Waals surface area (Å²) in [5.74, 6) is -4.50. The molecule has 8 heteroatoms. The van der Waals surface area contributed by atoms with E-state index < -0.39 is 51.5 Å². The monoisotopic (exact) mass is 637 g/mol. The highest BCUT2D eigenvalue weighted by Gasteiger charge is 2.73. The molecule has 1 aliphatic heterocycles. The molecule has 0 aromatic heterocycles. The van der Waals surface area contributed by atoms with Crippen LogP contribution in [0.5, 0.6) is 0 Å². The molecule has 2 bridgehead atoms. The van der Waals surface area contributed by atoms with Crippen LogP contribution >= 0.6 is 23.2 Å². The number of likely N-dealkylation sites (tertiary alicyclic amines) is 1. The topological polar surface area (TPSA) is 80.8 Å². The normalized spacial score (nSPS) is 25.6. The number of benzene rings is 4. The molecule has 8 rings (SSSR count).